The van der Waals surface area contributed by atoms with E-state index in [0.29, 0.717) is 16.7 Å². The smallest absolute Gasteiger partial charge is 0.251 e. The van der Waals surface area contributed by atoms with Crippen LogP contribution in [0.2, 0.25) is 0 Å². The molecule has 0 aliphatic heterocycles. The first kappa shape index (κ1) is 20.0. The standard InChI is InChI=1S/C20H20F2N4OS/c1-2-3-11-28-20-25-24-18(26(20)17-9-7-15(21)8-10-17)13-23-19(27)14-5-4-6-16(22)12-14/h4-10,12H,2-3,11,13H2,1H3,(H,23,27). The minimum atomic E-state index is -0.475. The fraction of sp³-hybridized carbons (Fsp3) is 0.250. The van der Waals surface area contributed by atoms with E-state index in [0.717, 1.165) is 18.6 Å². The van der Waals surface area contributed by atoms with Crippen molar-refractivity contribution in [2.75, 3.05) is 5.75 Å². The lowest BCUT2D eigenvalue weighted by molar-refractivity contribution is 0.0949. The van der Waals surface area contributed by atoms with Crippen LogP contribution >= 0.6 is 11.8 Å². The molecule has 0 saturated heterocycles. The summed E-state index contributed by atoms with van der Waals surface area (Å²) >= 11 is 1.56. The summed E-state index contributed by atoms with van der Waals surface area (Å²) < 4.78 is 28.4. The zero-order chi connectivity index (χ0) is 19.9. The van der Waals surface area contributed by atoms with Gasteiger partial charge in [0.1, 0.15) is 11.6 Å². The van der Waals surface area contributed by atoms with E-state index < -0.39 is 11.7 Å². The van der Waals surface area contributed by atoms with E-state index in [4.69, 9.17) is 0 Å². The van der Waals surface area contributed by atoms with Crippen LogP contribution in [0.25, 0.3) is 5.69 Å². The first-order valence-corrected chi connectivity index (χ1v) is 9.94. The molecule has 0 atom stereocenters. The van der Waals surface area contributed by atoms with E-state index in [9.17, 15) is 13.6 Å². The largest absolute Gasteiger partial charge is 0.345 e. The highest BCUT2D eigenvalue weighted by Gasteiger charge is 2.16. The number of rotatable bonds is 8. The molecule has 3 aromatic rings. The topological polar surface area (TPSA) is 59.8 Å². The Hall–Kier alpha value is -2.74. The Balaban J connectivity index is 1.81. The minimum absolute atomic E-state index is 0.105. The number of unbranched alkanes of at least 4 members (excludes halogenated alkanes) is 1. The van der Waals surface area contributed by atoms with Gasteiger partial charge in [0.05, 0.1) is 6.54 Å². The Kier molecular flexibility index (Phi) is 6.76. The Bertz CT molecular complexity index is 944. The second-order valence-corrected chi connectivity index (χ2v) is 7.17. The normalized spacial score (nSPS) is 10.8. The summed E-state index contributed by atoms with van der Waals surface area (Å²) in [5.74, 6) is 0.171. The molecule has 5 nitrogen and oxygen atoms in total. The number of hydrogen-bond acceptors (Lipinski definition) is 4. The van der Waals surface area contributed by atoms with Crippen LogP contribution in [0.5, 0.6) is 0 Å². The van der Waals surface area contributed by atoms with Crippen molar-refractivity contribution in [2.24, 2.45) is 0 Å². The molecule has 0 radical (unpaired) electrons. The van der Waals surface area contributed by atoms with Crippen molar-refractivity contribution < 1.29 is 13.6 Å². The highest BCUT2D eigenvalue weighted by molar-refractivity contribution is 7.99. The van der Waals surface area contributed by atoms with Crippen LogP contribution in [0.4, 0.5) is 8.78 Å². The molecule has 0 aliphatic carbocycles. The SMILES string of the molecule is CCCCSc1nnc(CNC(=O)c2cccc(F)c2)n1-c1ccc(F)cc1. The van der Waals surface area contributed by atoms with Gasteiger partial charge in [-0.15, -0.1) is 10.2 Å². The van der Waals surface area contributed by atoms with E-state index in [1.807, 2.05) is 0 Å². The van der Waals surface area contributed by atoms with E-state index in [1.165, 1.54) is 36.4 Å². The summed E-state index contributed by atoms with van der Waals surface area (Å²) in [6.07, 6.45) is 2.10. The van der Waals surface area contributed by atoms with Gasteiger partial charge in [-0.1, -0.05) is 31.2 Å². The predicted octanol–water partition coefficient (Wildman–Crippen LogP) is 4.37. The number of halogens is 2. The molecule has 1 heterocycles. The zero-order valence-corrected chi connectivity index (χ0v) is 16.2. The van der Waals surface area contributed by atoms with Crippen molar-refractivity contribution in [1.82, 2.24) is 20.1 Å². The molecule has 0 aliphatic rings. The maximum absolute atomic E-state index is 13.3. The van der Waals surface area contributed by atoms with Crippen LogP contribution in [0, 0.1) is 11.6 Å². The number of nitrogens with zero attached hydrogens (tertiary/aromatic N) is 3. The van der Waals surface area contributed by atoms with E-state index in [1.54, 1.807) is 28.5 Å². The maximum atomic E-state index is 13.3. The Morgan fingerprint density at radius 1 is 1.11 bits per heavy atom. The van der Waals surface area contributed by atoms with E-state index in [-0.39, 0.29) is 17.9 Å². The van der Waals surface area contributed by atoms with E-state index >= 15 is 0 Å². The van der Waals surface area contributed by atoms with Crippen LogP contribution in [0.3, 0.4) is 0 Å². The lowest BCUT2D eigenvalue weighted by atomic mass is 10.2. The predicted molar refractivity (Wildman–Crippen MR) is 105 cm³/mol. The molecule has 3 rings (SSSR count). The summed E-state index contributed by atoms with van der Waals surface area (Å²) in [4.78, 5) is 12.3. The third-order valence-electron chi connectivity index (χ3n) is 4.01. The highest BCUT2D eigenvalue weighted by Crippen LogP contribution is 2.23. The minimum Gasteiger partial charge on any atom is -0.345 e. The monoisotopic (exact) mass is 402 g/mol. The van der Waals surface area contributed by atoms with Crippen molar-refractivity contribution in [1.29, 1.82) is 0 Å². The first-order chi connectivity index (χ1) is 13.6. The molecule has 0 unspecified atom stereocenters. The number of amides is 1. The van der Waals surface area contributed by atoms with Gasteiger partial charge in [0.15, 0.2) is 11.0 Å². The number of carbonyl (C=O) groups is 1. The van der Waals surface area contributed by atoms with Crippen molar-refractivity contribution in [3.63, 3.8) is 0 Å². The van der Waals surface area contributed by atoms with Crippen LogP contribution in [0.15, 0.2) is 53.7 Å². The number of carbonyl (C=O) groups excluding carboxylic acids is 1. The molecule has 0 fully saturated rings. The van der Waals surface area contributed by atoms with Gasteiger partial charge in [-0.2, -0.15) is 0 Å². The van der Waals surface area contributed by atoms with Crippen molar-refractivity contribution >= 4 is 17.7 Å². The van der Waals surface area contributed by atoms with Gasteiger partial charge < -0.3 is 5.32 Å². The second-order valence-electron chi connectivity index (χ2n) is 6.11. The van der Waals surface area contributed by atoms with Gasteiger partial charge in [-0.05, 0) is 48.9 Å². The van der Waals surface area contributed by atoms with Gasteiger partial charge in [0, 0.05) is 17.0 Å². The Morgan fingerprint density at radius 2 is 1.89 bits per heavy atom. The van der Waals surface area contributed by atoms with Gasteiger partial charge in [-0.3, -0.25) is 9.36 Å². The van der Waals surface area contributed by atoms with Gasteiger partial charge in [0.25, 0.3) is 5.91 Å². The number of benzene rings is 2. The third-order valence-corrected chi connectivity index (χ3v) is 5.02. The average Bonchev–Trinajstić information content (AvgIpc) is 3.10. The summed E-state index contributed by atoms with van der Waals surface area (Å²) in [6.45, 7) is 2.21. The Morgan fingerprint density at radius 3 is 2.61 bits per heavy atom. The lowest BCUT2D eigenvalue weighted by Gasteiger charge is -2.11. The quantitative estimate of drug-likeness (QED) is 0.449. The average molecular weight is 402 g/mol. The van der Waals surface area contributed by atoms with Gasteiger partial charge in [0.2, 0.25) is 0 Å². The summed E-state index contributed by atoms with van der Waals surface area (Å²) in [7, 11) is 0. The molecule has 28 heavy (non-hydrogen) atoms. The maximum Gasteiger partial charge on any atom is 0.251 e. The Labute approximate surface area is 166 Å². The number of aromatic nitrogens is 3. The summed E-state index contributed by atoms with van der Waals surface area (Å²) in [5, 5.41) is 11.8. The first-order valence-electron chi connectivity index (χ1n) is 8.95. The molecular weight excluding hydrogens is 382 g/mol. The molecular formula is C20H20F2N4OS. The molecule has 1 N–H and O–H groups in total. The van der Waals surface area contributed by atoms with Crippen molar-refractivity contribution in [2.45, 2.75) is 31.5 Å². The highest BCUT2D eigenvalue weighted by atomic mass is 32.2. The lowest BCUT2D eigenvalue weighted by Crippen LogP contribution is -2.24. The second kappa shape index (κ2) is 9.45. The van der Waals surface area contributed by atoms with Crippen LogP contribution in [-0.4, -0.2) is 26.4 Å². The fourth-order valence-electron chi connectivity index (χ4n) is 2.56. The third kappa shape index (κ3) is 4.95. The van der Waals surface area contributed by atoms with Gasteiger partial charge in [-0.25, -0.2) is 8.78 Å². The molecule has 0 bridgehead atoms. The van der Waals surface area contributed by atoms with Crippen LogP contribution in [-0.2, 0) is 6.54 Å². The molecule has 1 amide bonds. The van der Waals surface area contributed by atoms with Crippen molar-refractivity contribution in [3.05, 3.63) is 71.6 Å². The molecule has 0 spiro atoms. The van der Waals surface area contributed by atoms with Gasteiger partial charge >= 0.3 is 0 Å². The number of hydrogen-bond donors (Lipinski definition) is 1. The molecule has 146 valence electrons. The molecule has 2 aromatic carbocycles. The number of thioether (sulfide) groups is 1. The molecule has 8 heteroatoms. The molecule has 1 aromatic heterocycles. The van der Waals surface area contributed by atoms with Crippen LogP contribution < -0.4 is 5.32 Å². The zero-order valence-electron chi connectivity index (χ0n) is 15.4. The summed E-state index contributed by atoms with van der Waals surface area (Å²) in [5.41, 5.74) is 0.936. The molecule has 0 saturated carbocycles. The fourth-order valence-corrected chi connectivity index (χ4v) is 3.61. The van der Waals surface area contributed by atoms with Crippen molar-refractivity contribution in [3.8, 4) is 5.69 Å². The van der Waals surface area contributed by atoms with E-state index in [2.05, 4.69) is 22.4 Å². The number of nitrogens with one attached hydrogen (secondary N) is 1. The van der Waals surface area contributed by atoms with Crippen LogP contribution in [0.1, 0.15) is 35.9 Å². The summed E-state index contributed by atoms with van der Waals surface area (Å²) in [6, 6.07) is 11.5.